The highest BCUT2D eigenvalue weighted by Gasteiger charge is 2.28. The van der Waals surface area contributed by atoms with Crippen molar-refractivity contribution in [3.8, 4) is 5.88 Å². The molecule has 120 valence electrons. The van der Waals surface area contributed by atoms with E-state index in [0.29, 0.717) is 40.4 Å². The summed E-state index contributed by atoms with van der Waals surface area (Å²) in [5, 5.41) is 14.5. The van der Waals surface area contributed by atoms with E-state index in [1.165, 1.54) is 22.6 Å². The van der Waals surface area contributed by atoms with Gasteiger partial charge in [-0.05, 0) is 25.5 Å². The summed E-state index contributed by atoms with van der Waals surface area (Å²) in [6.07, 6.45) is 1.77. The van der Waals surface area contributed by atoms with Gasteiger partial charge in [-0.3, -0.25) is 9.59 Å². The topological polar surface area (TPSA) is 72.2 Å². The smallest absolute Gasteiger partial charge is 0.220 e. The number of nitrogens with zero attached hydrogens (tertiary/aromatic N) is 2. The number of ketones is 2. The summed E-state index contributed by atoms with van der Waals surface area (Å²) in [6, 6.07) is 1.58. The molecule has 0 fully saturated rings. The van der Waals surface area contributed by atoms with Gasteiger partial charge in [-0.25, -0.2) is 4.68 Å². The van der Waals surface area contributed by atoms with E-state index in [9.17, 15) is 14.7 Å². The van der Waals surface area contributed by atoms with Crippen molar-refractivity contribution >= 4 is 34.9 Å². The van der Waals surface area contributed by atoms with Crippen LogP contribution in [0.5, 0.6) is 5.88 Å². The Morgan fingerprint density at radius 1 is 1.48 bits per heavy atom. The lowest BCUT2D eigenvalue weighted by Crippen LogP contribution is -2.14. The monoisotopic (exact) mass is 350 g/mol. The third-order valence-electron chi connectivity index (χ3n) is 3.95. The molecule has 0 saturated heterocycles. The number of benzene rings is 1. The molecule has 5 nitrogen and oxygen atoms in total. The first-order valence-electron chi connectivity index (χ1n) is 7.24. The second kappa shape index (κ2) is 6.02. The maximum Gasteiger partial charge on any atom is 0.220 e. The van der Waals surface area contributed by atoms with E-state index in [1.807, 2.05) is 6.92 Å². The summed E-state index contributed by atoms with van der Waals surface area (Å²) in [5.41, 5.74) is 1.58. The van der Waals surface area contributed by atoms with Gasteiger partial charge in [0.2, 0.25) is 5.88 Å². The zero-order chi connectivity index (χ0) is 16.7. The van der Waals surface area contributed by atoms with Crippen LogP contribution in [0.25, 0.3) is 0 Å². The first-order chi connectivity index (χ1) is 11.0. The van der Waals surface area contributed by atoms with Crippen LogP contribution in [-0.2, 0) is 6.54 Å². The maximum absolute atomic E-state index is 12.8. The second-order valence-corrected chi connectivity index (χ2v) is 6.80. The Kier molecular flexibility index (Phi) is 4.21. The fraction of sp³-hybridized carbons (Fsp3) is 0.312. The van der Waals surface area contributed by atoms with Crippen molar-refractivity contribution in [2.24, 2.45) is 0 Å². The van der Waals surface area contributed by atoms with Crippen LogP contribution in [0.1, 0.15) is 45.2 Å². The zero-order valence-corrected chi connectivity index (χ0v) is 14.3. The molecule has 0 saturated carbocycles. The molecule has 1 aliphatic rings. The van der Waals surface area contributed by atoms with Gasteiger partial charge in [0.25, 0.3) is 0 Å². The average molecular weight is 351 g/mol. The molecule has 1 N–H and O–H groups in total. The molecule has 0 atom stereocenters. The van der Waals surface area contributed by atoms with Gasteiger partial charge in [-0.1, -0.05) is 11.6 Å². The Hall–Kier alpha value is -1.79. The molecule has 1 aromatic carbocycles. The Labute approximate surface area is 142 Å². The molecule has 0 radical (unpaired) electrons. The minimum atomic E-state index is -0.382. The normalized spacial score (nSPS) is 14.0. The highest BCUT2D eigenvalue weighted by Crippen LogP contribution is 2.39. The van der Waals surface area contributed by atoms with E-state index in [1.54, 1.807) is 13.0 Å². The van der Waals surface area contributed by atoms with Gasteiger partial charge in [0.05, 0.1) is 11.2 Å². The van der Waals surface area contributed by atoms with Crippen molar-refractivity contribution in [2.75, 3.05) is 5.75 Å². The first-order valence-corrected chi connectivity index (χ1v) is 8.60. The molecule has 2 aromatic rings. The van der Waals surface area contributed by atoms with Gasteiger partial charge in [0.15, 0.2) is 11.6 Å². The van der Waals surface area contributed by atoms with Crippen molar-refractivity contribution in [2.45, 2.75) is 31.7 Å². The van der Waals surface area contributed by atoms with Gasteiger partial charge >= 0.3 is 0 Å². The SMILES string of the molecule is CCn1ncc(C(=O)c2cc(Cl)c3c(c2C)C(=O)CCS3)c1O. The molecule has 23 heavy (non-hydrogen) atoms. The zero-order valence-electron chi connectivity index (χ0n) is 12.7. The Balaban J connectivity index is 2.15. The first kappa shape index (κ1) is 16.1. The van der Waals surface area contributed by atoms with Crippen molar-refractivity contribution in [1.29, 1.82) is 0 Å². The summed E-state index contributed by atoms with van der Waals surface area (Å²) >= 11 is 7.81. The van der Waals surface area contributed by atoms with Gasteiger partial charge in [0.1, 0.15) is 5.56 Å². The molecule has 0 aliphatic carbocycles. The number of thioether (sulfide) groups is 1. The molecule has 0 amide bonds. The van der Waals surface area contributed by atoms with Crippen molar-refractivity contribution in [3.63, 3.8) is 0 Å². The van der Waals surface area contributed by atoms with Crippen LogP contribution in [0.3, 0.4) is 0 Å². The standard InChI is InChI=1S/C16H15ClN2O3S/c1-3-19-16(22)10(7-18-19)14(21)9-6-11(17)15-13(8(9)2)12(20)4-5-23-15/h6-7,22H,3-5H2,1-2H3. The molecule has 2 heterocycles. The molecule has 0 unspecified atom stereocenters. The second-order valence-electron chi connectivity index (χ2n) is 5.28. The minimum absolute atomic E-state index is 0.00118. The largest absolute Gasteiger partial charge is 0.493 e. The van der Waals surface area contributed by atoms with Crippen molar-refractivity contribution in [3.05, 3.63) is 39.5 Å². The molecule has 1 aliphatic heterocycles. The number of hydrogen-bond acceptors (Lipinski definition) is 5. The highest BCUT2D eigenvalue weighted by atomic mass is 35.5. The highest BCUT2D eigenvalue weighted by molar-refractivity contribution is 7.99. The van der Waals surface area contributed by atoms with Gasteiger partial charge in [-0.2, -0.15) is 5.10 Å². The van der Waals surface area contributed by atoms with E-state index in [4.69, 9.17) is 11.6 Å². The summed E-state index contributed by atoms with van der Waals surface area (Å²) in [5.74, 6) is 0.142. The van der Waals surface area contributed by atoms with Crippen LogP contribution >= 0.6 is 23.4 Å². The lowest BCUT2D eigenvalue weighted by molar-refractivity contribution is 0.0984. The predicted octanol–water partition coefficient (Wildman–Crippen LogP) is 3.48. The number of aryl methyl sites for hydroxylation is 1. The number of rotatable bonds is 3. The third-order valence-corrected chi connectivity index (χ3v) is 5.48. The third kappa shape index (κ3) is 2.56. The minimum Gasteiger partial charge on any atom is -0.493 e. The number of Topliss-reactive ketones (excluding diaryl/α,β-unsaturated/α-hetero) is 1. The number of carbonyl (C=O) groups excluding carboxylic acids is 2. The van der Waals surface area contributed by atoms with E-state index in [0.717, 1.165) is 4.90 Å². The number of halogens is 1. The summed E-state index contributed by atoms with van der Waals surface area (Å²) in [7, 11) is 0. The van der Waals surface area contributed by atoms with E-state index in [2.05, 4.69) is 5.10 Å². The van der Waals surface area contributed by atoms with Crippen LogP contribution in [-0.4, -0.2) is 32.2 Å². The van der Waals surface area contributed by atoms with Gasteiger partial charge in [0, 0.05) is 34.7 Å². The van der Waals surface area contributed by atoms with Crippen molar-refractivity contribution in [1.82, 2.24) is 9.78 Å². The molecule has 7 heteroatoms. The number of aromatic hydroxyl groups is 1. The Morgan fingerprint density at radius 2 is 2.22 bits per heavy atom. The maximum atomic E-state index is 12.8. The van der Waals surface area contributed by atoms with Gasteiger partial charge in [-0.15, -0.1) is 11.8 Å². The average Bonchev–Trinajstić information content (AvgIpc) is 2.90. The van der Waals surface area contributed by atoms with Crippen LogP contribution in [0.15, 0.2) is 17.2 Å². The summed E-state index contributed by atoms with van der Waals surface area (Å²) < 4.78 is 1.34. The molecule has 1 aromatic heterocycles. The van der Waals surface area contributed by atoms with Crippen LogP contribution in [0, 0.1) is 6.92 Å². The molecule has 0 bridgehead atoms. The lowest BCUT2D eigenvalue weighted by Gasteiger charge is -2.20. The summed E-state index contributed by atoms with van der Waals surface area (Å²) in [6.45, 7) is 4.02. The fourth-order valence-electron chi connectivity index (χ4n) is 2.72. The Bertz CT molecular complexity index is 829. The quantitative estimate of drug-likeness (QED) is 0.858. The number of fused-ring (bicyclic) bond motifs is 1. The molecule has 0 spiro atoms. The van der Waals surface area contributed by atoms with Gasteiger partial charge < -0.3 is 5.11 Å². The van der Waals surface area contributed by atoms with Crippen LogP contribution in [0.2, 0.25) is 5.02 Å². The van der Waals surface area contributed by atoms with E-state index >= 15 is 0 Å². The number of carbonyl (C=O) groups is 2. The predicted molar refractivity (Wildman–Crippen MR) is 88.9 cm³/mol. The van der Waals surface area contributed by atoms with E-state index < -0.39 is 0 Å². The molecular formula is C16H15ClN2O3S. The lowest BCUT2D eigenvalue weighted by atomic mass is 9.93. The van der Waals surface area contributed by atoms with E-state index in [-0.39, 0.29) is 23.0 Å². The summed E-state index contributed by atoms with van der Waals surface area (Å²) in [4.78, 5) is 25.8. The number of aromatic nitrogens is 2. The number of hydrogen-bond donors (Lipinski definition) is 1. The Morgan fingerprint density at radius 3 is 2.87 bits per heavy atom. The molecule has 3 rings (SSSR count). The van der Waals surface area contributed by atoms with Crippen LogP contribution < -0.4 is 0 Å². The van der Waals surface area contributed by atoms with Crippen molar-refractivity contribution < 1.29 is 14.7 Å². The van der Waals surface area contributed by atoms with Crippen LogP contribution in [0.4, 0.5) is 0 Å². The molecular weight excluding hydrogens is 336 g/mol. The fourth-order valence-corrected chi connectivity index (χ4v) is 4.19.